The number of aliphatic hydroxyl groups excluding tert-OH is 1. The molecular weight excluding hydrogens is 200 g/mol. The van der Waals surface area contributed by atoms with Crippen molar-refractivity contribution in [2.24, 2.45) is 7.05 Å². The van der Waals surface area contributed by atoms with Crippen LogP contribution in [0.5, 0.6) is 0 Å². The van der Waals surface area contributed by atoms with Gasteiger partial charge >= 0.3 is 0 Å². The predicted octanol–water partition coefficient (Wildman–Crippen LogP) is 2.57. The van der Waals surface area contributed by atoms with Crippen molar-refractivity contribution in [2.75, 3.05) is 0 Å². The van der Waals surface area contributed by atoms with E-state index in [-0.39, 0.29) is 0 Å². The molecule has 1 heterocycles. The highest BCUT2D eigenvalue weighted by Gasteiger charge is 2.21. The quantitative estimate of drug-likeness (QED) is 0.778. The summed E-state index contributed by atoms with van der Waals surface area (Å²) in [6.45, 7) is 3.98. The minimum absolute atomic E-state index is 0.450. The van der Waals surface area contributed by atoms with Crippen LogP contribution in [-0.2, 0) is 7.05 Å². The Morgan fingerprint density at radius 2 is 2.12 bits per heavy atom. The van der Waals surface area contributed by atoms with E-state index in [9.17, 15) is 5.11 Å². The summed E-state index contributed by atoms with van der Waals surface area (Å²) < 4.78 is 1.84. The van der Waals surface area contributed by atoms with Crippen molar-refractivity contribution in [3.05, 3.63) is 28.6 Å². The molecule has 1 aliphatic carbocycles. The fourth-order valence-electron chi connectivity index (χ4n) is 2.48. The summed E-state index contributed by atoms with van der Waals surface area (Å²) in [5, 5.41) is 14.8. The highest BCUT2D eigenvalue weighted by atomic mass is 16.3. The minimum atomic E-state index is -0.450. The molecule has 0 bridgehead atoms. The summed E-state index contributed by atoms with van der Waals surface area (Å²) in [5.41, 5.74) is 4.18. The molecule has 16 heavy (non-hydrogen) atoms. The van der Waals surface area contributed by atoms with E-state index in [2.05, 4.69) is 11.2 Å². The molecule has 3 heteroatoms. The molecule has 1 unspecified atom stereocenters. The fourth-order valence-corrected chi connectivity index (χ4v) is 2.48. The van der Waals surface area contributed by atoms with E-state index in [0.29, 0.717) is 0 Å². The molecule has 1 aromatic heterocycles. The summed E-state index contributed by atoms with van der Waals surface area (Å²) in [6.07, 6.45) is 6.32. The maximum atomic E-state index is 10.4. The average Bonchev–Trinajstić information content (AvgIpc) is 2.54. The van der Waals surface area contributed by atoms with Crippen LogP contribution in [0.1, 0.15) is 48.7 Å². The third kappa shape index (κ3) is 1.92. The van der Waals surface area contributed by atoms with Crippen LogP contribution in [0.4, 0.5) is 0 Å². The zero-order valence-corrected chi connectivity index (χ0v) is 10.3. The third-order valence-electron chi connectivity index (χ3n) is 3.52. The highest BCUT2D eigenvalue weighted by molar-refractivity contribution is 5.33. The zero-order valence-electron chi connectivity index (χ0n) is 10.3. The van der Waals surface area contributed by atoms with Crippen LogP contribution in [0.3, 0.4) is 0 Å². The Labute approximate surface area is 96.8 Å². The Morgan fingerprint density at radius 1 is 1.38 bits per heavy atom. The van der Waals surface area contributed by atoms with E-state index in [0.717, 1.165) is 29.8 Å². The van der Waals surface area contributed by atoms with E-state index < -0.39 is 6.10 Å². The smallest absolute Gasteiger partial charge is 0.104 e. The van der Waals surface area contributed by atoms with Crippen molar-refractivity contribution in [1.82, 2.24) is 9.78 Å². The van der Waals surface area contributed by atoms with Crippen LogP contribution in [-0.4, -0.2) is 14.9 Å². The normalized spacial score (nSPS) is 18.4. The van der Waals surface area contributed by atoms with E-state index in [1.165, 1.54) is 18.4 Å². The lowest BCUT2D eigenvalue weighted by atomic mass is 9.91. The van der Waals surface area contributed by atoms with Crippen molar-refractivity contribution in [3.8, 4) is 0 Å². The Hall–Kier alpha value is -1.09. The van der Waals surface area contributed by atoms with Gasteiger partial charge in [0.2, 0.25) is 0 Å². The van der Waals surface area contributed by atoms with Crippen LogP contribution in [0.25, 0.3) is 0 Å². The second-order valence-electron chi connectivity index (χ2n) is 4.64. The van der Waals surface area contributed by atoms with Crippen LogP contribution in [0, 0.1) is 13.8 Å². The van der Waals surface area contributed by atoms with Crippen molar-refractivity contribution in [1.29, 1.82) is 0 Å². The number of rotatable bonds is 2. The van der Waals surface area contributed by atoms with E-state index in [4.69, 9.17) is 0 Å². The Balaban J connectivity index is 2.32. The molecule has 0 aliphatic heterocycles. The van der Waals surface area contributed by atoms with Crippen molar-refractivity contribution >= 4 is 0 Å². The van der Waals surface area contributed by atoms with E-state index >= 15 is 0 Å². The monoisotopic (exact) mass is 220 g/mol. The van der Waals surface area contributed by atoms with Gasteiger partial charge in [0, 0.05) is 18.3 Å². The summed E-state index contributed by atoms with van der Waals surface area (Å²) >= 11 is 0. The molecule has 0 spiro atoms. The zero-order chi connectivity index (χ0) is 11.7. The van der Waals surface area contributed by atoms with Gasteiger partial charge in [0.1, 0.15) is 6.10 Å². The molecule has 88 valence electrons. The maximum absolute atomic E-state index is 10.4. The maximum Gasteiger partial charge on any atom is 0.104 e. The van der Waals surface area contributed by atoms with Crippen molar-refractivity contribution in [3.63, 3.8) is 0 Å². The molecule has 0 amide bonds. The molecule has 0 fully saturated rings. The third-order valence-corrected chi connectivity index (χ3v) is 3.52. The van der Waals surface area contributed by atoms with Gasteiger partial charge in [-0.25, -0.2) is 0 Å². The summed E-state index contributed by atoms with van der Waals surface area (Å²) in [4.78, 5) is 0. The van der Waals surface area contributed by atoms with Gasteiger partial charge in [-0.2, -0.15) is 5.10 Å². The Kier molecular flexibility index (Phi) is 3.15. The number of aryl methyl sites for hydroxylation is 2. The van der Waals surface area contributed by atoms with Crippen molar-refractivity contribution < 1.29 is 5.11 Å². The fraction of sp³-hybridized carbons (Fsp3) is 0.615. The molecule has 3 nitrogen and oxygen atoms in total. The van der Waals surface area contributed by atoms with Crippen LogP contribution >= 0.6 is 0 Å². The number of hydrogen-bond donors (Lipinski definition) is 1. The largest absolute Gasteiger partial charge is 0.384 e. The molecule has 0 radical (unpaired) electrons. The molecule has 0 saturated carbocycles. The topological polar surface area (TPSA) is 38.0 Å². The first-order valence-electron chi connectivity index (χ1n) is 5.98. The molecule has 1 N–H and O–H groups in total. The number of aliphatic hydroxyl groups is 1. The number of nitrogens with zero attached hydrogens (tertiary/aromatic N) is 2. The standard InChI is InChI=1S/C13H20N2O/c1-9-12(10(2)15(3)14-9)13(16)11-7-5-4-6-8-11/h7,13,16H,4-6,8H2,1-3H3. The molecule has 1 aromatic rings. The molecule has 0 aromatic carbocycles. The van der Waals surface area contributed by atoms with Gasteiger partial charge in [0.25, 0.3) is 0 Å². The van der Waals surface area contributed by atoms with Crippen LogP contribution in [0.15, 0.2) is 11.6 Å². The van der Waals surface area contributed by atoms with Gasteiger partial charge in [-0.3, -0.25) is 4.68 Å². The van der Waals surface area contributed by atoms with E-state index in [1.807, 2.05) is 25.6 Å². The van der Waals surface area contributed by atoms with E-state index in [1.54, 1.807) is 0 Å². The van der Waals surface area contributed by atoms with Crippen LogP contribution in [0.2, 0.25) is 0 Å². The Bertz CT molecular complexity index is 418. The molecule has 2 rings (SSSR count). The molecule has 1 aliphatic rings. The van der Waals surface area contributed by atoms with Gasteiger partial charge in [0.05, 0.1) is 5.69 Å². The summed E-state index contributed by atoms with van der Waals surface area (Å²) in [7, 11) is 1.92. The van der Waals surface area contributed by atoms with Crippen LogP contribution < -0.4 is 0 Å². The Morgan fingerprint density at radius 3 is 2.62 bits per heavy atom. The molecule has 0 saturated heterocycles. The van der Waals surface area contributed by atoms with Gasteiger partial charge in [-0.1, -0.05) is 6.08 Å². The second-order valence-corrected chi connectivity index (χ2v) is 4.64. The first-order valence-corrected chi connectivity index (χ1v) is 5.98. The number of aromatic nitrogens is 2. The lowest BCUT2D eigenvalue weighted by Crippen LogP contribution is -2.07. The lowest BCUT2D eigenvalue weighted by Gasteiger charge is -2.19. The SMILES string of the molecule is Cc1nn(C)c(C)c1C(O)C1=CCCCC1. The average molecular weight is 220 g/mol. The van der Waals surface area contributed by atoms with Gasteiger partial charge in [0.15, 0.2) is 0 Å². The van der Waals surface area contributed by atoms with Gasteiger partial charge in [-0.05, 0) is 45.1 Å². The highest BCUT2D eigenvalue weighted by Crippen LogP contribution is 2.32. The second kappa shape index (κ2) is 4.42. The summed E-state index contributed by atoms with van der Waals surface area (Å²) in [5.74, 6) is 0. The van der Waals surface area contributed by atoms with Crippen molar-refractivity contribution in [2.45, 2.75) is 45.6 Å². The first kappa shape index (κ1) is 11.4. The minimum Gasteiger partial charge on any atom is -0.384 e. The van der Waals surface area contributed by atoms with Gasteiger partial charge < -0.3 is 5.11 Å². The predicted molar refractivity (Wildman–Crippen MR) is 64.2 cm³/mol. The lowest BCUT2D eigenvalue weighted by molar-refractivity contribution is 0.206. The number of hydrogen-bond acceptors (Lipinski definition) is 2. The molecular formula is C13H20N2O. The number of allylic oxidation sites excluding steroid dienone is 1. The summed E-state index contributed by atoms with van der Waals surface area (Å²) in [6, 6.07) is 0. The van der Waals surface area contributed by atoms with Gasteiger partial charge in [-0.15, -0.1) is 0 Å². The molecule has 1 atom stereocenters. The first-order chi connectivity index (χ1) is 7.61.